The summed E-state index contributed by atoms with van der Waals surface area (Å²) in [5.74, 6) is 1.43. The number of nitrogens with zero attached hydrogens (tertiary/aromatic N) is 5. The summed E-state index contributed by atoms with van der Waals surface area (Å²) in [5.41, 5.74) is 3.69. The van der Waals surface area contributed by atoms with Gasteiger partial charge in [0.15, 0.2) is 5.82 Å². The molecule has 28 heavy (non-hydrogen) atoms. The summed E-state index contributed by atoms with van der Waals surface area (Å²) in [4.78, 5) is 9.38. The van der Waals surface area contributed by atoms with Crippen molar-refractivity contribution >= 4 is 17.5 Å². The Morgan fingerprint density at radius 2 is 1.68 bits per heavy atom. The molecule has 2 aromatic carbocycles. The average Bonchev–Trinajstić information content (AvgIpc) is 2.76. The molecular formula is C22H26N6. The number of aryl methyl sites for hydroxylation is 1. The van der Waals surface area contributed by atoms with Gasteiger partial charge < -0.3 is 10.2 Å². The maximum Gasteiger partial charge on any atom is 0.247 e. The van der Waals surface area contributed by atoms with Crippen LogP contribution in [-0.2, 0) is 13.0 Å². The van der Waals surface area contributed by atoms with Crippen molar-refractivity contribution < 1.29 is 0 Å². The van der Waals surface area contributed by atoms with Crippen LogP contribution in [0.4, 0.5) is 17.5 Å². The summed E-state index contributed by atoms with van der Waals surface area (Å²) in [6, 6.07) is 18.9. The molecule has 2 heterocycles. The minimum absolute atomic E-state index is 0.693. The fraction of sp³-hybridized carbons (Fsp3) is 0.318. The van der Waals surface area contributed by atoms with E-state index in [1.54, 1.807) is 6.20 Å². The first-order valence-electron chi connectivity index (χ1n) is 9.87. The Bertz CT molecular complexity index is 890. The molecule has 144 valence electrons. The Kier molecular flexibility index (Phi) is 5.77. The number of aromatic nitrogens is 3. The van der Waals surface area contributed by atoms with Gasteiger partial charge in [0.05, 0.1) is 6.20 Å². The fourth-order valence-corrected chi connectivity index (χ4v) is 3.52. The molecule has 1 aliphatic heterocycles. The molecule has 1 saturated heterocycles. The predicted octanol–water partition coefficient (Wildman–Crippen LogP) is 3.50. The van der Waals surface area contributed by atoms with Crippen LogP contribution in [0.15, 0.2) is 60.8 Å². The van der Waals surface area contributed by atoms with Crippen molar-refractivity contribution in [1.29, 1.82) is 0 Å². The van der Waals surface area contributed by atoms with Crippen molar-refractivity contribution in [1.82, 2.24) is 20.1 Å². The Balaban J connectivity index is 1.38. The first-order chi connectivity index (χ1) is 13.8. The lowest BCUT2D eigenvalue weighted by molar-refractivity contribution is 0.248. The van der Waals surface area contributed by atoms with Crippen LogP contribution >= 0.6 is 0 Å². The Labute approximate surface area is 166 Å². The van der Waals surface area contributed by atoms with Crippen LogP contribution < -0.4 is 10.2 Å². The maximum atomic E-state index is 4.70. The Hall–Kier alpha value is -2.99. The van der Waals surface area contributed by atoms with Crippen molar-refractivity contribution in [3.05, 3.63) is 71.9 Å². The van der Waals surface area contributed by atoms with Crippen molar-refractivity contribution in [3.63, 3.8) is 0 Å². The quantitative estimate of drug-likeness (QED) is 0.713. The lowest BCUT2D eigenvalue weighted by Gasteiger charge is -2.34. The summed E-state index contributed by atoms with van der Waals surface area (Å²) in [5, 5.41) is 11.8. The van der Waals surface area contributed by atoms with Gasteiger partial charge in [-0.1, -0.05) is 55.5 Å². The van der Waals surface area contributed by atoms with Crippen molar-refractivity contribution in [3.8, 4) is 0 Å². The van der Waals surface area contributed by atoms with Gasteiger partial charge in [-0.3, -0.25) is 4.90 Å². The van der Waals surface area contributed by atoms with E-state index in [2.05, 4.69) is 80.8 Å². The van der Waals surface area contributed by atoms with Crippen LogP contribution in [-0.4, -0.2) is 46.3 Å². The molecule has 1 N–H and O–H groups in total. The van der Waals surface area contributed by atoms with Gasteiger partial charge in [0, 0.05) is 38.4 Å². The molecule has 0 spiro atoms. The maximum absolute atomic E-state index is 4.70. The zero-order chi connectivity index (χ0) is 19.2. The largest absolute Gasteiger partial charge is 0.339 e. The summed E-state index contributed by atoms with van der Waals surface area (Å²) in [7, 11) is 0. The minimum atomic E-state index is 0.693. The zero-order valence-corrected chi connectivity index (χ0v) is 16.3. The van der Waals surface area contributed by atoms with Gasteiger partial charge in [-0.2, -0.15) is 10.1 Å². The third kappa shape index (κ3) is 4.46. The molecule has 3 aromatic rings. The monoisotopic (exact) mass is 374 g/mol. The Morgan fingerprint density at radius 3 is 2.46 bits per heavy atom. The molecule has 0 bridgehead atoms. The van der Waals surface area contributed by atoms with Gasteiger partial charge in [0.2, 0.25) is 5.95 Å². The van der Waals surface area contributed by atoms with E-state index < -0.39 is 0 Å². The number of nitrogens with one attached hydrogen (secondary N) is 1. The molecule has 6 heteroatoms. The summed E-state index contributed by atoms with van der Waals surface area (Å²) in [6.45, 7) is 6.94. The zero-order valence-electron chi connectivity index (χ0n) is 16.3. The molecule has 1 aliphatic rings. The van der Waals surface area contributed by atoms with Crippen molar-refractivity contribution in [2.45, 2.75) is 19.9 Å². The highest BCUT2D eigenvalue weighted by atomic mass is 15.4. The molecule has 1 aromatic heterocycles. The van der Waals surface area contributed by atoms with Crippen LogP contribution in [0.5, 0.6) is 0 Å². The first-order valence-corrected chi connectivity index (χ1v) is 9.87. The van der Waals surface area contributed by atoms with E-state index in [-0.39, 0.29) is 0 Å². The smallest absolute Gasteiger partial charge is 0.247 e. The van der Waals surface area contributed by atoms with Gasteiger partial charge in [0.25, 0.3) is 0 Å². The normalized spacial score (nSPS) is 14.8. The van der Waals surface area contributed by atoms with E-state index in [9.17, 15) is 0 Å². The van der Waals surface area contributed by atoms with Gasteiger partial charge in [0.1, 0.15) is 0 Å². The highest BCUT2D eigenvalue weighted by Crippen LogP contribution is 2.21. The van der Waals surface area contributed by atoms with Gasteiger partial charge >= 0.3 is 0 Å². The predicted molar refractivity (Wildman–Crippen MR) is 113 cm³/mol. The molecule has 0 radical (unpaired) electrons. The summed E-state index contributed by atoms with van der Waals surface area (Å²) >= 11 is 0. The van der Waals surface area contributed by atoms with Gasteiger partial charge in [-0.15, -0.1) is 5.10 Å². The number of hydrogen-bond donors (Lipinski definition) is 1. The topological polar surface area (TPSA) is 57.2 Å². The SMILES string of the molecule is CCc1ccccc1Nc1cnnc(N2CCN(Cc3ccccc3)CC2)n1. The number of para-hydroxylation sites is 1. The van der Waals surface area contributed by atoms with E-state index in [0.717, 1.165) is 50.6 Å². The highest BCUT2D eigenvalue weighted by Gasteiger charge is 2.19. The Morgan fingerprint density at radius 1 is 0.929 bits per heavy atom. The minimum Gasteiger partial charge on any atom is -0.339 e. The van der Waals surface area contributed by atoms with Crippen LogP contribution in [0, 0.1) is 0 Å². The fourth-order valence-electron chi connectivity index (χ4n) is 3.52. The van der Waals surface area contributed by atoms with Crippen LogP contribution in [0.1, 0.15) is 18.1 Å². The summed E-state index contributed by atoms with van der Waals surface area (Å²) < 4.78 is 0. The molecule has 4 rings (SSSR count). The second-order valence-corrected chi connectivity index (χ2v) is 7.03. The molecule has 1 fully saturated rings. The van der Waals surface area contributed by atoms with Crippen molar-refractivity contribution in [2.75, 3.05) is 36.4 Å². The molecule has 0 saturated carbocycles. The molecule has 0 atom stereocenters. The average molecular weight is 374 g/mol. The molecule has 6 nitrogen and oxygen atoms in total. The number of rotatable bonds is 6. The van der Waals surface area contributed by atoms with E-state index in [4.69, 9.17) is 4.98 Å². The second kappa shape index (κ2) is 8.80. The third-order valence-corrected chi connectivity index (χ3v) is 5.11. The lowest BCUT2D eigenvalue weighted by atomic mass is 10.1. The molecule has 0 unspecified atom stereocenters. The standard InChI is InChI=1S/C22H26N6/c1-2-19-10-6-7-11-20(19)24-21-16-23-26-22(25-21)28-14-12-27(13-15-28)17-18-8-4-3-5-9-18/h3-11,16H,2,12-15,17H2,1H3,(H,24,25,26). The van der Waals surface area contributed by atoms with E-state index in [1.807, 2.05) is 6.07 Å². The molecular weight excluding hydrogens is 348 g/mol. The lowest BCUT2D eigenvalue weighted by Crippen LogP contribution is -2.46. The van der Waals surface area contributed by atoms with Gasteiger partial charge in [-0.05, 0) is 23.6 Å². The van der Waals surface area contributed by atoms with E-state index in [1.165, 1.54) is 11.1 Å². The number of piperazine rings is 1. The first kappa shape index (κ1) is 18.4. The summed E-state index contributed by atoms with van der Waals surface area (Å²) in [6.07, 6.45) is 2.65. The van der Waals surface area contributed by atoms with Gasteiger partial charge in [-0.25, -0.2) is 0 Å². The molecule has 0 aliphatic carbocycles. The number of hydrogen-bond acceptors (Lipinski definition) is 6. The van der Waals surface area contributed by atoms with Crippen LogP contribution in [0.2, 0.25) is 0 Å². The third-order valence-electron chi connectivity index (χ3n) is 5.11. The number of benzene rings is 2. The van der Waals surface area contributed by atoms with E-state index in [0.29, 0.717) is 5.95 Å². The highest BCUT2D eigenvalue weighted by molar-refractivity contribution is 5.60. The molecule has 0 amide bonds. The number of anilines is 3. The van der Waals surface area contributed by atoms with E-state index >= 15 is 0 Å². The van der Waals surface area contributed by atoms with Crippen LogP contribution in [0.3, 0.4) is 0 Å². The van der Waals surface area contributed by atoms with Crippen LogP contribution in [0.25, 0.3) is 0 Å². The van der Waals surface area contributed by atoms with Crippen molar-refractivity contribution in [2.24, 2.45) is 0 Å². The second-order valence-electron chi connectivity index (χ2n) is 7.03.